The molecule has 3 N–H and O–H groups in total. The van der Waals surface area contributed by atoms with Crippen molar-refractivity contribution in [2.75, 3.05) is 26.2 Å². The summed E-state index contributed by atoms with van der Waals surface area (Å²) in [5.74, 6) is 0.780. The van der Waals surface area contributed by atoms with Crippen molar-refractivity contribution in [2.45, 2.75) is 19.4 Å². The summed E-state index contributed by atoms with van der Waals surface area (Å²) in [6.45, 7) is 4.19. The SMILES string of the molecule is Cc1ccc(OCCC(=O)NCC2CNCC2O)c(Br)c1. The Morgan fingerprint density at radius 3 is 3.00 bits per heavy atom. The van der Waals surface area contributed by atoms with E-state index in [9.17, 15) is 9.90 Å². The third kappa shape index (κ3) is 4.98. The summed E-state index contributed by atoms with van der Waals surface area (Å²) >= 11 is 3.44. The second kappa shape index (κ2) is 7.77. The van der Waals surface area contributed by atoms with Crippen molar-refractivity contribution >= 4 is 21.8 Å². The van der Waals surface area contributed by atoms with Gasteiger partial charge in [-0.25, -0.2) is 0 Å². The predicted molar refractivity (Wildman–Crippen MR) is 84.4 cm³/mol. The van der Waals surface area contributed by atoms with Gasteiger partial charge in [-0.2, -0.15) is 0 Å². The molecule has 1 aliphatic rings. The molecule has 0 aromatic heterocycles. The maximum absolute atomic E-state index is 11.7. The summed E-state index contributed by atoms with van der Waals surface area (Å²) in [5, 5.41) is 15.6. The quantitative estimate of drug-likeness (QED) is 0.716. The molecule has 0 saturated carbocycles. The predicted octanol–water partition coefficient (Wildman–Crippen LogP) is 1.22. The van der Waals surface area contributed by atoms with Crippen LogP contribution in [0.3, 0.4) is 0 Å². The average Bonchev–Trinajstić information content (AvgIpc) is 2.84. The van der Waals surface area contributed by atoms with Crippen LogP contribution in [0.2, 0.25) is 0 Å². The molecule has 2 atom stereocenters. The molecule has 0 aliphatic carbocycles. The Morgan fingerprint density at radius 2 is 2.33 bits per heavy atom. The Kier molecular flexibility index (Phi) is 6.02. The molecule has 6 heteroatoms. The molecular formula is C15H21BrN2O3. The van der Waals surface area contributed by atoms with E-state index in [4.69, 9.17) is 4.74 Å². The van der Waals surface area contributed by atoms with Crippen molar-refractivity contribution < 1.29 is 14.6 Å². The molecule has 21 heavy (non-hydrogen) atoms. The molecule has 1 saturated heterocycles. The van der Waals surface area contributed by atoms with Gasteiger partial charge in [0.25, 0.3) is 0 Å². The van der Waals surface area contributed by atoms with E-state index in [1.54, 1.807) is 0 Å². The highest BCUT2D eigenvalue weighted by Crippen LogP contribution is 2.25. The summed E-state index contributed by atoms with van der Waals surface area (Å²) in [5.41, 5.74) is 1.15. The van der Waals surface area contributed by atoms with Crippen LogP contribution >= 0.6 is 15.9 Å². The van der Waals surface area contributed by atoms with Crippen LogP contribution in [-0.2, 0) is 4.79 Å². The van der Waals surface area contributed by atoms with Crippen molar-refractivity contribution in [3.05, 3.63) is 28.2 Å². The minimum Gasteiger partial charge on any atom is -0.492 e. The zero-order chi connectivity index (χ0) is 15.2. The number of nitrogens with one attached hydrogen (secondary N) is 2. The number of aliphatic hydroxyl groups is 1. The third-order valence-corrected chi connectivity index (χ3v) is 4.16. The van der Waals surface area contributed by atoms with Gasteiger partial charge in [0.2, 0.25) is 5.91 Å². The van der Waals surface area contributed by atoms with E-state index in [1.807, 2.05) is 25.1 Å². The molecule has 2 unspecified atom stereocenters. The van der Waals surface area contributed by atoms with Crippen LogP contribution in [0.15, 0.2) is 22.7 Å². The maximum atomic E-state index is 11.7. The van der Waals surface area contributed by atoms with Crippen molar-refractivity contribution in [2.24, 2.45) is 5.92 Å². The highest BCUT2D eigenvalue weighted by atomic mass is 79.9. The standard InChI is InChI=1S/C15H21BrN2O3/c1-10-2-3-14(12(16)6-10)21-5-4-15(20)18-8-11-7-17-9-13(11)19/h2-3,6,11,13,17,19H,4-5,7-9H2,1H3,(H,18,20). The Balaban J connectivity index is 1.67. The van der Waals surface area contributed by atoms with Crippen molar-refractivity contribution in [1.29, 1.82) is 0 Å². The van der Waals surface area contributed by atoms with E-state index >= 15 is 0 Å². The second-order valence-corrected chi connectivity index (χ2v) is 6.18. The number of ether oxygens (including phenoxy) is 1. The Bertz CT molecular complexity index is 496. The number of halogens is 1. The molecule has 5 nitrogen and oxygen atoms in total. The molecule has 1 fully saturated rings. The largest absolute Gasteiger partial charge is 0.492 e. The van der Waals surface area contributed by atoms with Gasteiger partial charge in [0.15, 0.2) is 0 Å². The molecule has 0 radical (unpaired) electrons. The minimum absolute atomic E-state index is 0.0580. The number of carbonyl (C=O) groups excluding carboxylic acids is 1. The maximum Gasteiger partial charge on any atom is 0.223 e. The second-order valence-electron chi connectivity index (χ2n) is 5.32. The van der Waals surface area contributed by atoms with E-state index in [2.05, 4.69) is 26.6 Å². The van der Waals surface area contributed by atoms with Gasteiger partial charge in [0, 0.05) is 25.6 Å². The zero-order valence-electron chi connectivity index (χ0n) is 12.1. The monoisotopic (exact) mass is 356 g/mol. The number of aliphatic hydroxyl groups excluding tert-OH is 1. The molecular weight excluding hydrogens is 336 g/mol. The van der Waals surface area contributed by atoms with Gasteiger partial charge in [0.1, 0.15) is 5.75 Å². The number of carbonyl (C=O) groups is 1. The molecule has 0 bridgehead atoms. The van der Waals surface area contributed by atoms with Crippen LogP contribution in [0.25, 0.3) is 0 Å². The summed E-state index contributed by atoms with van der Waals surface area (Å²) in [6.07, 6.45) is -0.0682. The number of aryl methyl sites for hydroxylation is 1. The van der Waals surface area contributed by atoms with E-state index in [1.165, 1.54) is 0 Å². The number of hydrogen-bond donors (Lipinski definition) is 3. The van der Waals surface area contributed by atoms with E-state index in [-0.39, 0.29) is 17.9 Å². The van der Waals surface area contributed by atoms with E-state index in [0.717, 1.165) is 22.3 Å². The van der Waals surface area contributed by atoms with Gasteiger partial charge in [-0.15, -0.1) is 0 Å². The summed E-state index contributed by atoms with van der Waals surface area (Å²) < 4.78 is 6.48. The normalized spacial score (nSPS) is 21.3. The van der Waals surface area contributed by atoms with Gasteiger partial charge in [-0.05, 0) is 40.5 Å². The Hall–Kier alpha value is -1.11. The molecule has 2 rings (SSSR count). The molecule has 1 aromatic carbocycles. The molecule has 1 aromatic rings. The fourth-order valence-corrected chi connectivity index (χ4v) is 2.85. The van der Waals surface area contributed by atoms with Gasteiger partial charge >= 0.3 is 0 Å². The highest BCUT2D eigenvalue weighted by Gasteiger charge is 2.24. The summed E-state index contributed by atoms with van der Waals surface area (Å²) in [6, 6.07) is 5.83. The Morgan fingerprint density at radius 1 is 1.52 bits per heavy atom. The smallest absolute Gasteiger partial charge is 0.223 e. The Labute approximate surface area is 133 Å². The minimum atomic E-state index is -0.370. The lowest BCUT2D eigenvalue weighted by Crippen LogP contribution is -2.34. The lowest BCUT2D eigenvalue weighted by Gasteiger charge is -2.14. The van der Waals surface area contributed by atoms with Crippen LogP contribution in [0, 0.1) is 12.8 Å². The fraction of sp³-hybridized carbons (Fsp3) is 0.533. The number of rotatable bonds is 6. The van der Waals surface area contributed by atoms with Gasteiger partial charge < -0.3 is 20.5 Å². The lowest BCUT2D eigenvalue weighted by molar-refractivity contribution is -0.121. The first-order valence-electron chi connectivity index (χ1n) is 7.10. The topological polar surface area (TPSA) is 70.6 Å². The van der Waals surface area contributed by atoms with Crippen LogP contribution < -0.4 is 15.4 Å². The van der Waals surface area contributed by atoms with Gasteiger partial charge in [-0.3, -0.25) is 4.79 Å². The highest BCUT2D eigenvalue weighted by molar-refractivity contribution is 9.10. The van der Waals surface area contributed by atoms with Gasteiger partial charge in [0.05, 0.1) is 23.6 Å². The molecule has 0 spiro atoms. The summed E-state index contributed by atoms with van der Waals surface area (Å²) in [4.78, 5) is 11.7. The summed E-state index contributed by atoms with van der Waals surface area (Å²) in [7, 11) is 0. The third-order valence-electron chi connectivity index (χ3n) is 3.54. The van der Waals surface area contributed by atoms with Crippen LogP contribution in [-0.4, -0.2) is 43.4 Å². The number of amides is 1. The van der Waals surface area contributed by atoms with Crippen molar-refractivity contribution in [1.82, 2.24) is 10.6 Å². The first-order valence-corrected chi connectivity index (χ1v) is 7.90. The van der Waals surface area contributed by atoms with Crippen molar-refractivity contribution in [3.8, 4) is 5.75 Å². The lowest BCUT2D eigenvalue weighted by atomic mass is 10.1. The molecule has 1 amide bonds. The number of β-amino-alcohol motifs (C(OH)–C–C–N with tert-alkyl or cyclic N) is 1. The average molecular weight is 357 g/mol. The first-order chi connectivity index (χ1) is 10.1. The molecule has 1 aliphatic heterocycles. The number of benzene rings is 1. The van der Waals surface area contributed by atoms with Crippen LogP contribution in [0.1, 0.15) is 12.0 Å². The van der Waals surface area contributed by atoms with E-state index < -0.39 is 0 Å². The molecule has 1 heterocycles. The number of hydrogen-bond acceptors (Lipinski definition) is 4. The zero-order valence-corrected chi connectivity index (χ0v) is 13.6. The van der Waals surface area contributed by atoms with Crippen molar-refractivity contribution in [3.63, 3.8) is 0 Å². The first kappa shape index (κ1) is 16.3. The van der Waals surface area contributed by atoms with Crippen LogP contribution in [0.4, 0.5) is 0 Å². The molecule has 116 valence electrons. The van der Waals surface area contributed by atoms with Gasteiger partial charge in [-0.1, -0.05) is 6.07 Å². The van der Waals surface area contributed by atoms with E-state index in [0.29, 0.717) is 26.1 Å². The fourth-order valence-electron chi connectivity index (χ4n) is 2.24. The van der Waals surface area contributed by atoms with Crippen LogP contribution in [0.5, 0.6) is 5.75 Å².